The minimum atomic E-state index is -1.25. The topological polar surface area (TPSA) is 138 Å². The molecule has 36 heavy (non-hydrogen) atoms. The fourth-order valence-corrected chi connectivity index (χ4v) is 3.57. The van der Waals surface area contributed by atoms with Crippen molar-refractivity contribution in [3.63, 3.8) is 0 Å². The van der Waals surface area contributed by atoms with E-state index in [-0.39, 0.29) is 11.4 Å². The number of carbonyl (C=O) groups excluding carboxylic acids is 1. The first-order valence-electron chi connectivity index (χ1n) is 11.0. The molecule has 1 unspecified atom stereocenters. The molecule has 0 aliphatic rings. The maximum absolute atomic E-state index is 12.5. The zero-order chi connectivity index (χ0) is 24.7. The summed E-state index contributed by atoms with van der Waals surface area (Å²) in [4.78, 5) is 29.1. The van der Waals surface area contributed by atoms with E-state index in [0.717, 1.165) is 32.9 Å². The van der Waals surface area contributed by atoms with Crippen LogP contribution in [0.2, 0.25) is 0 Å². The first-order valence-corrected chi connectivity index (χ1v) is 11.0. The SMILES string of the molecule is O=C(N/N=C/c1ccnc2ccccc12)c1cc(C(O)N/N=C/c2ccnc3ccccc23)ncn1. The van der Waals surface area contributed by atoms with Gasteiger partial charge in [-0.3, -0.25) is 20.2 Å². The van der Waals surface area contributed by atoms with E-state index in [4.69, 9.17) is 0 Å². The van der Waals surface area contributed by atoms with E-state index in [9.17, 15) is 9.90 Å². The molecule has 0 saturated heterocycles. The van der Waals surface area contributed by atoms with Gasteiger partial charge in [-0.05, 0) is 30.3 Å². The molecule has 2 aromatic carbocycles. The Morgan fingerprint density at radius 2 is 1.42 bits per heavy atom. The molecule has 176 valence electrons. The highest BCUT2D eigenvalue weighted by molar-refractivity contribution is 5.99. The third kappa shape index (κ3) is 5.03. The Bertz CT molecular complexity index is 1590. The Hall–Kier alpha value is -5.09. The van der Waals surface area contributed by atoms with Crippen molar-refractivity contribution in [1.29, 1.82) is 0 Å². The second kappa shape index (κ2) is 10.5. The molecule has 0 aliphatic heterocycles. The third-order valence-corrected chi connectivity index (χ3v) is 5.34. The molecule has 1 atom stereocenters. The van der Waals surface area contributed by atoms with Crippen molar-refractivity contribution in [3.05, 3.63) is 108 Å². The number of carbonyl (C=O) groups is 1. The minimum absolute atomic E-state index is 0.0432. The standard InChI is InChI=1S/C26H20N8O2/c35-25(33-31-14-17-9-11-27-21-7-3-1-5-19(17)21)23-13-24(30-16-29-23)26(36)34-32-15-18-10-12-28-22-8-4-2-6-20(18)22/h1-16,25,33,35H,(H,34,36)/b31-14+,32-15+. The van der Waals surface area contributed by atoms with Gasteiger partial charge in [-0.2, -0.15) is 10.2 Å². The summed E-state index contributed by atoms with van der Waals surface area (Å²) in [6, 6.07) is 20.3. The predicted octanol–water partition coefficient (Wildman–Crippen LogP) is 2.95. The van der Waals surface area contributed by atoms with E-state index < -0.39 is 12.1 Å². The molecule has 0 aliphatic carbocycles. The molecule has 3 aromatic heterocycles. The summed E-state index contributed by atoms with van der Waals surface area (Å²) < 4.78 is 0. The first-order chi connectivity index (χ1) is 17.7. The highest BCUT2D eigenvalue weighted by atomic mass is 16.3. The zero-order valence-corrected chi connectivity index (χ0v) is 18.9. The zero-order valence-electron chi connectivity index (χ0n) is 18.9. The summed E-state index contributed by atoms with van der Waals surface area (Å²) in [5, 5.41) is 20.4. The van der Waals surface area contributed by atoms with Crippen LogP contribution >= 0.6 is 0 Å². The number of pyridine rings is 2. The molecule has 10 nitrogen and oxygen atoms in total. The van der Waals surface area contributed by atoms with Crippen molar-refractivity contribution in [2.24, 2.45) is 10.2 Å². The van der Waals surface area contributed by atoms with Gasteiger partial charge in [0.05, 0.1) is 29.2 Å². The Balaban J connectivity index is 1.24. The normalized spacial score (nSPS) is 12.4. The lowest BCUT2D eigenvalue weighted by atomic mass is 10.1. The lowest BCUT2D eigenvalue weighted by molar-refractivity contribution is 0.0948. The Kier molecular flexibility index (Phi) is 6.59. The number of hydrogen-bond donors (Lipinski definition) is 3. The van der Waals surface area contributed by atoms with E-state index >= 15 is 0 Å². The van der Waals surface area contributed by atoms with Gasteiger partial charge in [-0.15, -0.1) is 0 Å². The predicted molar refractivity (Wildman–Crippen MR) is 136 cm³/mol. The van der Waals surface area contributed by atoms with E-state index in [0.29, 0.717) is 0 Å². The second-order valence-corrected chi connectivity index (χ2v) is 7.65. The maximum Gasteiger partial charge on any atom is 0.290 e. The summed E-state index contributed by atoms with van der Waals surface area (Å²) in [5.41, 5.74) is 8.58. The van der Waals surface area contributed by atoms with Crippen LogP contribution in [-0.4, -0.2) is 43.4 Å². The number of hydrazone groups is 2. The molecule has 10 heteroatoms. The Labute approximate surface area is 205 Å². The molecule has 0 fully saturated rings. The van der Waals surface area contributed by atoms with E-state index in [1.165, 1.54) is 18.6 Å². The molecular formula is C26H20N8O2. The molecule has 3 heterocycles. The number of para-hydroxylation sites is 2. The average Bonchev–Trinajstić information content (AvgIpc) is 2.93. The maximum atomic E-state index is 12.5. The van der Waals surface area contributed by atoms with Crippen LogP contribution in [-0.2, 0) is 0 Å². The van der Waals surface area contributed by atoms with Crippen molar-refractivity contribution >= 4 is 40.1 Å². The second-order valence-electron chi connectivity index (χ2n) is 7.65. The number of aliphatic hydroxyl groups is 1. The van der Waals surface area contributed by atoms with Crippen LogP contribution in [0.4, 0.5) is 0 Å². The molecule has 0 spiro atoms. The van der Waals surface area contributed by atoms with Crippen LogP contribution in [0.15, 0.2) is 95.7 Å². The summed E-state index contributed by atoms with van der Waals surface area (Å²) in [5.74, 6) is -0.549. The van der Waals surface area contributed by atoms with Gasteiger partial charge in [0.2, 0.25) is 0 Å². The highest BCUT2D eigenvalue weighted by Gasteiger charge is 2.13. The summed E-state index contributed by atoms with van der Waals surface area (Å²) in [6.07, 6.45) is 6.42. The lowest BCUT2D eigenvalue weighted by Crippen LogP contribution is -2.22. The quantitative estimate of drug-likeness (QED) is 0.187. The minimum Gasteiger partial charge on any atom is -0.367 e. The molecule has 5 aromatic rings. The van der Waals surface area contributed by atoms with Gasteiger partial charge in [0.25, 0.3) is 5.91 Å². The number of nitrogens with one attached hydrogen (secondary N) is 2. The highest BCUT2D eigenvalue weighted by Crippen LogP contribution is 2.15. The number of rotatable bonds is 7. The van der Waals surface area contributed by atoms with Crippen LogP contribution in [0.5, 0.6) is 0 Å². The fraction of sp³-hybridized carbons (Fsp3) is 0.0385. The summed E-state index contributed by atoms with van der Waals surface area (Å²) in [7, 11) is 0. The van der Waals surface area contributed by atoms with Crippen LogP contribution in [0, 0.1) is 0 Å². The van der Waals surface area contributed by atoms with Crippen molar-refractivity contribution in [2.45, 2.75) is 6.23 Å². The average molecular weight is 477 g/mol. The van der Waals surface area contributed by atoms with Crippen LogP contribution in [0.1, 0.15) is 33.5 Å². The first kappa shape index (κ1) is 22.7. The summed E-state index contributed by atoms with van der Waals surface area (Å²) >= 11 is 0. The number of amides is 1. The largest absolute Gasteiger partial charge is 0.367 e. The van der Waals surface area contributed by atoms with Crippen molar-refractivity contribution < 1.29 is 9.90 Å². The molecule has 5 rings (SSSR count). The molecule has 0 radical (unpaired) electrons. The Morgan fingerprint density at radius 1 is 0.806 bits per heavy atom. The van der Waals surface area contributed by atoms with Gasteiger partial charge < -0.3 is 5.11 Å². The van der Waals surface area contributed by atoms with Crippen LogP contribution < -0.4 is 10.9 Å². The van der Waals surface area contributed by atoms with E-state index in [1.54, 1.807) is 24.7 Å². The Morgan fingerprint density at radius 3 is 2.08 bits per heavy atom. The van der Waals surface area contributed by atoms with Crippen molar-refractivity contribution in [2.75, 3.05) is 0 Å². The van der Waals surface area contributed by atoms with Gasteiger partial charge >= 0.3 is 0 Å². The molecule has 1 amide bonds. The van der Waals surface area contributed by atoms with Crippen LogP contribution in [0.25, 0.3) is 21.8 Å². The summed E-state index contributed by atoms with van der Waals surface area (Å²) in [6.45, 7) is 0. The molecule has 3 N–H and O–H groups in total. The lowest BCUT2D eigenvalue weighted by Gasteiger charge is -2.10. The van der Waals surface area contributed by atoms with Gasteiger partial charge in [-0.25, -0.2) is 15.4 Å². The number of aliphatic hydroxyl groups excluding tert-OH is 1. The smallest absolute Gasteiger partial charge is 0.290 e. The van der Waals surface area contributed by atoms with Gasteiger partial charge in [-0.1, -0.05) is 36.4 Å². The third-order valence-electron chi connectivity index (χ3n) is 5.34. The van der Waals surface area contributed by atoms with Gasteiger partial charge in [0.1, 0.15) is 12.0 Å². The van der Waals surface area contributed by atoms with Crippen LogP contribution in [0.3, 0.4) is 0 Å². The molecular weight excluding hydrogens is 456 g/mol. The van der Waals surface area contributed by atoms with E-state index in [2.05, 4.69) is 41.0 Å². The monoisotopic (exact) mass is 476 g/mol. The van der Waals surface area contributed by atoms with Gasteiger partial charge in [0, 0.05) is 34.3 Å². The number of hydrogen-bond acceptors (Lipinski definition) is 9. The number of aromatic nitrogens is 4. The van der Waals surface area contributed by atoms with Crippen molar-refractivity contribution in [3.8, 4) is 0 Å². The van der Waals surface area contributed by atoms with E-state index in [1.807, 2.05) is 54.6 Å². The number of nitrogens with zero attached hydrogens (tertiary/aromatic N) is 6. The molecule has 0 saturated carbocycles. The fourth-order valence-electron chi connectivity index (χ4n) is 3.57. The van der Waals surface area contributed by atoms with Gasteiger partial charge in [0.15, 0.2) is 6.23 Å². The number of fused-ring (bicyclic) bond motifs is 2. The molecule has 0 bridgehead atoms. The number of benzene rings is 2. The van der Waals surface area contributed by atoms with Crippen molar-refractivity contribution in [1.82, 2.24) is 30.8 Å².